The summed E-state index contributed by atoms with van der Waals surface area (Å²) in [6.07, 6.45) is -3.19. The highest BCUT2D eigenvalue weighted by Crippen LogP contribution is 2.24. The Balaban J connectivity index is 2.53. The van der Waals surface area contributed by atoms with Gasteiger partial charge in [0.1, 0.15) is 18.1 Å². The average molecular weight is 375 g/mol. The molecule has 3 N–H and O–H groups in total. The first-order valence-electron chi connectivity index (χ1n) is 14.0. The predicted octanol–water partition coefficient (Wildman–Crippen LogP) is 0.380. The number of benzene rings is 1. The van der Waals surface area contributed by atoms with E-state index in [0.29, 0.717) is 6.92 Å². The molecule has 0 fully saturated rings. The number of nitrogens with one attached hydrogen (secondary N) is 2. The summed E-state index contributed by atoms with van der Waals surface area (Å²) in [5.41, 5.74) is -0.733. The van der Waals surface area contributed by atoms with E-state index in [4.69, 9.17) is 17.8 Å². The summed E-state index contributed by atoms with van der Waals surface area (Å²) in [5.74, 6) is -8.40. The highest BCUT2D eigenvalue weighted by atomic mass is 16.3. The van der Waals surface area contributed by atoms with Crippen molar-refractivity contribution in [1.82, 2.24) is 15.5 Å². The van der Waals surface area contributed by atoms with E-state index in [1.54, 1.807) is 5.32 Å². The van der Waals surface area contributed by atoms with Crippen LogP contribution in [0.2, 0.25) is 0 Å². The monoisotopic (exact) mass is 374 g/mol. The molecule has 0 saturated carbocycles. The molecule has 0 unspecified atom stereocenters. The van der Waals surface area contributed by atoms with Gasteiger partial charge in [0.2, 0.25) is 17.7 Å². The van der Waals surface area contributed by atoms with Gasteiger partial charge in [0.15, 0.2) is 0 Å². The van der Waals surface area contributed by atoms with E-state index >= 15 is 0 Å². The molecule has 7 nitrogen and oxygen atoms in total. The first-order chi connectivity index (χ1) is 17.4. The van der Waals surface area contributed by atoms with Gasteiger partial charge in [-0.3, -0.25) is 14.4 Å². The Labute approximate surface area is 172 Å². The van der Waals surface area contributed by atoms with Crippen molar-refractivity contribution in [2.45, 2.75) is 45.2 Å². The fraction of sp³-hybridized carbons (Fsp3) is 0.526. The fourth-order valence-corrected chi connectivity index (χ4v) is 2.18. The Kier molecular flexibility index (Phi) is 2.72. The van der Waals surface area contributed by atoms with Crippen molar-refractivity contribution in [3.8, 4) is 0 Å². The number of aliphatic hydroxyl groups excluding tert-OH is 1. The summed E-state index contributed by atoms with van der Waals surface area (Å²) in [6, 6.07) is -8.62. The molecule has 1 heterocycles. The van der Waals surface area contributed by atoms with E-state index in [-0.39, 0.29) is 18.5 Å². The number of fused-ring (bicyclic) bond motifs is 1. The van der Waals surface area contributed by atoms with Crippen molar-refractivity contribution in [2.24, 2.45) is 5.89 Å². The molecule has 0 radical (unpaired) electrons. The fourth-order valence-electron chi connectivity index (χ4n) is 2.18. The second-order valence-electron chi connectivity index (χ2n) is 5.59. The lowest BCUT2D eigenvalue weighted by molar-refractivity contribution is -0.137. The molecule has 0 spiro atoms. The second kappa shape index (κ2) is 8.31. The Morgan fingerprint density at radius 3 is 2.81 bits per heavy atom. The van der Waals surface area contributed by atoms with Crippen molar-refractivity contribution in [3.05, 3.63) is 35.3 Å². The maximum Gasteiger partial charge on any atom is 0.249 e. The summed E-state index contributed by atoms with van der Waals surface area (Å²) in [7, 11) is 1.25. The van der Waals surface area contributed by atoms with Gasteiger partial charge in [-0.1, -0.05) is 37.9 Å². The van der Waals surface area contributed by atoms with E-state index in [9.17, 15) is 19.5 Å². The number of carbonyl (C=O) groups is 3. The van der Waals surface area contributed by atoms with Crippen LogP contribution in [0.25, 0.3) is 0 Å². The molecule has 1 aromatic rings. The first-order valence-corrected chi connectivity index (χ1v) is 7.54. The van der Waals surface area contributed by atoms with Gasteiger partial charge < -0.3 is 20.6 Å². The van der Waals surface area contributed by atoms with Crippen molar-refractivity contribution in [3.63, 3.8) is 0 Å². The van der Waals surface area contributed by atoms with E-state index in [2.05, 4.69) is 0 Å². The Morgan fingerprint density at radius 1 is 1.42 bits per heavy atom. The summed E-state index contributed by atoms with van der Waals surface area (Å²) >= 11 is 0. The van der Waals surface area contributed by atoms with Crippen molar-refractivity contribution in [2.75, 3.05) is 13.6 Å². The van der Waals surface area contributed by atoms with Crippen LogP contribution in [0.3, 0.4) is 0 Å². The molecule has 1 aromatic carbocycles. The number of aliphatic hydroxyl groups is 1. The molecular weight excluding hydrogens is 334 g/mol. The maximum absolute atomic E-state index is 13.2. The lowest BCUT2D eigenvalue weighted by Crippen LogP contribution is -2.51. The molecular formula is C19H27N3O4. The van der Waals surface area contributed by atoms with Gasteiger partial charge in [-0.15, -0.1) is 0 Å². The van der Waals surface area contributed by atoms with Gasteiger partial charge in [0.05, 0.1) is 8.22 Å². The zero-order chi connectivity index (χ0) is 30.7. The lowest BCUT2D eigenvalue weighted by Gasteiger charge is -2.24. The van der Waals surface area contributed by atoms with Crippen LogP contribution >= 0.6 is 0 Å². The minimum atomic E-state index is -3.75. The molecule has 26 heavy (non-hydrogen) atoms. The Bertz CT molecular complexity index is 1190. The molecule has 1 aliphatic heterocycles. The van der Waals surface area contributed by atoms with E-state index < -0.39 is 85.2 Å². The van der Waals surface area contributed by atoms with Gasteiger partial charge in [-0.2, -0.15) is 0 Å². The molecule has 0 saturated heterocycles. The van der Waals surface area contributed by atoms with E-state index in [1.165, 1.54) is 7.05 Å². The predicted molar refractivity (Wildman–Crippen MR) is 97.1 cm³/mol. The standard InChI is InChI=1S/C19H27N3O4/c1-11(2)16(23)18(25)20-12(3)17(24)21-15-14-8-6-5-7-13(14)9-10-22(4)19(15)26/h5-8,11-12,15-16,23H,9-10H2,1-4H3,(H,20,25)(H,21,24)/t12-,15-,16-/m0/s1/i1D3,2D3,5D,6D,7D,8D,11D,12D,15D. The summed E-state index contributed by atoms with van der Waals surface area (Å²) in [6.45, 7) is -6.84. The summed E-state index contributed by atoms with van der Waals surface area (Å²) < 4.78 is 101. The van der Waals surface area contributed by atoms with Crippen molar-refractivity contribution < 1.29 is 37.3 Å². The van der Waals surface area contributed by atoms with Gasteiger partial charge in [0.25, 0.3) is 0 Å². The van der Waals surface area contributed by atoms with Crippen LogP contribution in [0, 0.1) is 5.89 Å². The Hall–Kier alpha value is -2.41. The smallest absolute Gasteiger partial charge is 0.249 e. The SMILES string of the molecule is [2H]c1c([2H])c([2H])c2c(c1[2H])CCN(C)C(=O)[C@@]2([2H])NC(=O)[C@]([2H])(C)NC(=O)[C@@H](O)C([2H])(C([2H])([2H])[2H])C([2H])([2H])[2H]. The third-order valence-electron chi connectivity index (χ3n) is 3.68. The lowest BCUT2D eigenvalue weighted by atomic mass is 9.99. The van der Waals surface area contributed by atoms with Gasteiger partial charge >= 0.3 is 0 Å². The first kappa shape index (κ1) is 8.52. The highest BCUT2D eigenvalue weighted by Gasteiger charge is 2.32. The van der Waals surface area contributed by atoms with Crippen LogP contribution in [0.1, 0.15) is 55.6 Å². The Morgan fingerprint density at radius 2 is 2.12 bits per heavy atom. The third-order valence-corrected chi connectivity index (χ3v) is 3.68. The number of hydrogen-bond acceptors (Lipinski definition) is 4. The number of likely N-dealkylation sites (N-methyl/N-ethyl adjacent to an activating group) is 1. The van der Waals surface area contributed by atoms with Crippen LogP contribution in [0.15, 0.2) is 24.2 Å². The van der Waals surface area contributed by atoms with E-state index in [0.717, 1.165) is 4.90 Å². The minimum absolute atomic E-state index is 0.0959. The zero-order valence-electron chi connectivity index (χ0n) is 27.1. The van der Waals surface area contributed by atoms with Crippen LogP contribution in [-0.4, -0.2) is 53.4 Å². The molecule has 7 heteroatoms. The topological polar surface area (TPSA) is 98.7 Å². The maximum atomic E-state index is 13.2. The zero-order valence-corrected chi connectivity index (χ0v) is 14.1. The molecule has 3 amide bonds. The summed E-state index contributed by atoms with van der Waals surface area (Å²) in [4.78, 5) is 39.9. The van der Waals surface area contributed by atoms with Crippen LogP contribution in [0.4, 0.5) is 0 Å². The number of amides is 3. The van der Waals surface area contributed by atoms with Gasteiger partial charge in [-0.05, 0) is 30.4 Å². The number of hydrogen-bond donors (Lipinski definition) is 3. The third kappa shape index (κ3) is 4.40. The minimum Gasteiger partial charge on any atom is -0.383 e. The second-order valence-corrected chi connectivity index (χ2v) is 5.59. The molecule has 3 atom stereocenters. The summed E-state index contributed by atoms with van der Waals surface area (Å²) in [5, 5.41) is 13.8. The average Bonchev–Trinajstić information content (AvgIpc) is 2.88. The van der Waals surface area contributed by atoms with Crippen LogP contribution in [0.5, 0.6) is 0 Å². The number of nitrogens with zero attached hydrogens (tertiary/aromatic N) is 1. The molecule has 2 rings (SSSR count). The van der Waals surface area contributed by atoms with Crippen molar-refractivity contribution >= 4 is 17.7 Å². The van der Waals surface area contributed by atoms with E-state index in [1.807, 2.05) is 5.32 Å². The molecule has 142 valence electrons. The van der Waals surface area contributed by atoms with Crippen molar-refractivity contribution in [1.29, 1.82) is 0 Å². The van der Waals surface area contributed by atoms with Crippen LogP contribution < -0.4 is 10.6 Å². The number of rotatable bonds is 5. The van der Waals surface area contributed by atoms with Crippen LogP contribution in [-0.2, 0) is 20.8 Å². The van der Waals surface area contributed by atoms with Gasteiger partial charge in [-0.25, -0.2) is 0 Å². The number of carbonyl (C=O) groups excluding carboxylic acids is 3. The van der Waals surface area contributed by atoms with Gasteiger partial charge in [0, 0.05) is 23.2 Å². The molecule has 0 bridgehead atoms. The largest absolute Gasteiger partial charge is 0.383 e. The molecule has 0 aromatic heterocycles. The molecule has 1 aliphatic rings. The highest BCUT2D eigenvalue weighted by molar-refractivity contribution is 5.93. The normalized spacial score (nSPS) is 32.0. The molecule has 0 aliphatic carbocycles. The quantitative estimate of drug-likeness (QED) is 0.694.